The summed E-state index contributed by atoms with van der Waals surface area (Å²) < 4.78 is 0. The van der Waals surface area contributed by atoms with Gasteiger partial charge in [-0.15, -0.1) is 0 Å². The Balaban J connectivity index is 3.21. The summed E-state index contributed by atoms with van der Waals surface area (Å²) in [6.07, 6.45) is 1.15. The third-order valence-electron chi connectivity index (χ3n) is 1.11. The standard InChI is InChI=1S/C5H4Cl2N4O/c6-3-2(5(12)11-8)4(7)10-1-9-3/h1H,8H2,(H,11,12). The summed E-state index contributed by atoms with van der Waals surface area (Å²) in [6, 6.07) is 0. The van der Waals surface area contributed by atoms with Crippen molar-refractivity contribution in [2.45, 2.75) is 0 Å². The minimum Gasteiger partial charge on any atom is -0.290 e. The number of nitrogens with two attached hydrogens (primary N) is 1. The average Bonchev–Trinajstić information content (AvgIpc) is 2.03. The number of halogens is 2. The Morgan fingerprint density at radius 3 is 2.33 bits per heavy atom. The van der Waals surface area contributed by atoms with Gasteiger partial charge in [0.05, 0.1) is 0 Å². The first-order valence-corrected chi connectivity index (χ1v) is 3.59. The van der Waals surface area contributed by atoms with Crippen LogP contribution in [-0.2, 0) is 0 Å². The van der Waals surface area contributed by atoms with E-state index >= 15 is 0 Å². The normalized spacial score (nSPS) is 9.58. The number of rotatable bonds is 1. The molecule has 0 saturated carbocycles. The number of carbonyl (C=O) groups is 1. The summed E-state index contributed by atoms with van der Waals surface area (Å²) in [4.78, 5) is 18.1. The maximum Gasteiger partial charge on any atom is 0.271 e. The highest BCUT2D eigenvalue weighted by Gasteiger charge is 2.14. The van der Waals surface area contributed by atoms with Crippen LogP contribution in [0.5, 0.6) is 0 Å². The molecule has 0 radical (unpaired) electrons. The molecule has 1 aromatic rings. The van der Waals surface area contributed by atoms with Gasteiger partial charge in [-0.25, -0.2) is 15.8 Å². The second-order valence-electron chi connectivity index (χ2n) is 1.80. The van der Waals surface area contributed by atoms with Crippen molar-refractivity contribution in [3.05, 3.63) is 22.2 Å². The van der Waals surface area contributed by atoms with Crippen molar-refractivity contribution in [2.75, 3.05) is 0 Å². The van der Waals surface area contributed by atoms with Gasteiger partial charge in [0.25, 0.3) is 5.91 Å². The Labute approximate surface area is 77.9 Å². The van der Waals surface area contributed by atoms with Crippen LogP contribution >= 0.6 is 23.2 Å². The van der Waals surface area contributed by atoms with Gasteiger partial charge in [-0.1, -0.05) is 23.2 Å². The molecule has 5 nitrogen and oxygen atoms in total. The van der Waals surface area contributed by atoms with Crippen molar-refractivity contribution < 1.29 is 4.79 Å². The quantitative estimate of drug-likeness (QED) is 0.302. The first-order chi connectivity index (χ1) is 5.66. The Morgan fingerprint density at radius 1 is 1.42 bits per heavy atom. The molecule has 0 aliphatic heterocycles. The van der Waals surface area contributed by atoms with E-state index in [-0.39, 0.29) is 15.9 Å². The van der Waals surface area contributed by atoms with Crippen LogP contribution in [0.25, 0.3) is 0 Å². The number of hydrogen-bond acceptors (Lipinski definition) is 4. The van der Waals surface area contributed by atoms with Crippen molar-refractivity contribution in [1.29, 1.82) is 0 Å². The first kappa shape index (κ1) is 9.18. The Morgan fingerprint density at radius 2 is 1.92 bits per heavy atom. The Hall–Kier alpha value is -0.910. The summed E-state index contributed by atoms with van der Waals surface area (Å²) in [5.41, 5.74) is 1.85. The van der Waals surface area contributed by atoms with E-state index in [1.165, 1.54) is 0 Å². The number of hydrazine groups is 1. The maximum atomic E-state index is 11.0. The van der Waals surface area contributed by atoms with Crippen molar-refractivity contribution in [3.8, 4) is 0 Å². The van der Waals surface area contributed by atoms with Crippen LogP contribution in [0.4, 0.5) is 0 Å². The zero-order valence-corrected chi connectivity index (χ0v) is 7.23. The highest BCUT2D eigenvalue weighted by atomic mass is 35.5. The Bertz CT molecular complexity index is 296. The zero-order chi connectivity index (χ0) is 9.14. The summed E-state index contributed by atoms with van der Waals surface area (Å²) in [6.45, 7) is 0. The van der Waals surface area contributed by atoms with Crippen LogP contribution in [-0.4, -0.2) is 15.9 Å². The monoisotopic (exact) mass is 206 g/mol. The number of nitrogens with one attached hydrogen (secondary N) is 1. The average molecular weight is 207 g/mol. The van der Waals surface area contributed by atoms with Crippen LogP contribution in [0.2, 0.25) is 10.3 Å². The lowest BCUT2D eigenvalue weighted by atomic mass is 10.3. The zero-order valence-electron chi connectivity index (χ0n) is 5.71. The molecular formula is C5H4Cl2N4O. The van der Waals surface area contributed by atoms with Gasteiger partial charge < -0.3 is 0 Å². The summed E-state index contributed by atoms with van der Waals surface area (Å²) >= 11 is 11.1. The minimum absolute atomic E-state index is 0.0247. The number of hydrogen-bond donors (Lipinski definition) is 2. The lowest BCUT2D eigenvalue weighted by Gasteiger charge is -2.01. The Kier molecular flexibility index (Phi) is 2.80. The van der Waals surface area contributed by atoms with Gasteiger partial charge in [-0.05, 0) is 0 Å². The van der Waals surface area contributed by atoms with E-state index in [4.69, 9.17) is 29.0 Å². The summed E-state index contributed by atoms with van der Waals surface area (Å²) in [7, 11) is 0. The molecule has 0 aliphatic carbocycles. The number of amides is 1. The van der Waals surface area contributed by atoms with Crippen LogP contribution in [0.3, 0.4) is 0 Å². The lowest BCUT2D eigenvalue weighted by Crippen LogP contribution is -2.30. The SMILES string of the molecule is NNC(=O)c1c(Cl)ncnc1Cl. The molecule has 3 N–H and O–H groups in total. The minimum atomic E-state index is -0.620. The van der Waals surface area contributed by atoms with Crippen LogP contribution < -0.4 is 11.3 Å². The van der Waals surface area contributed by atoms with Gasteiger partial charge in [0.15, 0.2) is 0 Å². The van der Waals surface area contributed by atoms with E-state index in [2.05, 4.69) is 9.97 Å². The molecule has 12 heavy (non-hydrogen) atoms. The first-order valence-electron chi connectivity index (χ1n) is 2.83. The number of aromatic nitrogens is 2. The predicted molar refractivity (Wildman–Crippen MR) is 43.7 cm³/mol. The molecule has 0 spiro atoms. The second-order valence-corrected chi connectivity index (χ2v) is 2.52. The molecule has 0 aromatic carbocycles. The number of nitrogens with zero attached hydrogens (tertiary/aromatic N) is 2. The number of nitrogen functional groups attached to an aromatic ring is 1. The van der Waals surface area contributed by atoms with Crippen molar-refractivity contribution in [3.63, 3.8) is 0 Å². The van der Waals surface area contributed by atoms with Gasteiger partial charge in [0, 0.05) is 0 Å². The van der Waals surface area contributed by atoms with Gasteiger partial charge >= 0.3 is 0 Å². The van der Waals surface area contributed by atoms with Crippen LogP contribution in [0.15, 0.2) is 6.33 Å². The third kappa shape index (κ3) is 1.63. The van der Waals surface area contributed by atoms with Gasteiger partial charge in [0.2, 0.25) is 0 Å². The molecule has 1 amide bonds. The molecule has 0 fully saturated rings. The van der Waals surface area contributed by atoms with E-state index in [1.54, 1.807) is 0 Å². The van der Waals surface area contributed by atoms with Crippen LogP contribution in [0, 0.1) is 0 Å². The molecule has 0 bridgehead atoms. The topological polar surface area (TPSA) is 80.9 Å². The molecule has 1 rings (SSSR count). The lowest BCUT2D eigenvalue weighted by molar-refractivity contribution is 0.0953. The van der Waals surface area contributed by atoms with E-state index in [1.807, 2.05) is 5.43 Å². The predicted octanol–water partition coefficient (Wildman–Crippen LogP) is 0.387. The van der Waals surface area contributed by atoms with E-state index in [9.17, 15) is 4.79 Å². The fraction of sp³-hybridized carbons (Fsp3) is 0. The van der Waals surface area contributed by atoms with E-state index < -0.39 is 5.91 Å². The molecule has 1 aromatic heterocycles. The van der Waals surface area contributed by atoms with Gasteiger partial charge in [-0.3, -0.25) is 10.2 Å². The van der Waals surface area contributed by atoms with Gasteiger partial charge in [0.1, 0.15) is 22.2 Å². The molecule has 7 heteroatoms. The van der Waals surface area contributed by atoms with Crippen molar-refractivity contribution >= 4 is 29.1 Å². The molecule has 0 saturated heterocycles. The van der Waals surface area contributed by atoms with Crippen LogP contribution in [0.1, 0.15) is 10.4 Å². The smallest absolute Gasteiger partial charge is 0.271 e. The third-order valence-corrected chi connectivity index (χ3v) is 1.69. The fourth-order valence-electron chi connectivity index (χ4n) is 0.604. The summed E-state index contributed by atoms with van der Waals surface area (Å²) in [5.74, 6) is 4.25. The largest absolute Gasteiger partial charge is 0.290 e. The molecule has 0 unspecified atom stereocenters. The van der Waals surface area contributed by atoms with Crippen molar-refractivity contribution in [1.82, 2.24) is 15.4 Å². The second kappa shape index (κ2) is 3.66. The molecule has 64 valence electrons. The van der Waals surface area contributed by atoms with E-state index in [0.29, 0.717) is 0 Å². The molecular weight excluding hydrogens is 203 g/mol. The number of carbonyl (C=O) groups excluding carboxylic acids is 1. The van der Waals surface area contributed by atoms with Crippen molar-refractivity contribution in [2.24, 2.45) is 5.84 Å². The van der Waals surface area contributed by atoms with E-state index in [0.717, 1.165) is 6.33 Å². The fourth-order valence-corrected chi connectivity index (χ4v) is 1.09. The molecule has 0 aliphatic rings. The summed E-state index contributed by atoms with van der Waals surface area (Å²) in [5, 5.41) is -0.0594. The maximum absolute atomic E-state index is 11.0. The molecule has 1 heterocycles. The highest BCUT2D eigenvalue weighted by molar-refractivity contribution is 6.38. The highest BCUT2D eigenvalue weighted by Crippen LogP contribution is 2.18. The molecule has 0 atom stereocenters. The van der Waals surface area contributed by atoms with Gasteiger partial charge in [-0.2, -0.15) is 0 Å².